The van der Waals surface area contributed by atoms with Crippen molar-refractivity contribution in [1.82, 2.24) is 9.97 Å². The molecule has 0 fully saturated rings. The number of nitro groups is 1. The van der Waals surface area contributed by atoms with E-state index >= 15 is 0 Å². The number of sulfonamides is 1. The van der Waals surface area contributed by atoms with Crippen molar-refractivity contribution < 1.29 is 13.3 Å². The molecule has 2 heterocycles. The fourth-order valence-corrected chi connectivity index (χ4v) is 2.54. The van der Waals surface area contributed by atoms with Crippen molar-refractivity contribution in [3.05, 3.63) is 50.3 Å². The SMILES string of the molecule is O=[N+]([O-])c1ccc(S(=O)(=O)Nc2ccc(I)cn2)cn1. The first kappa shape index (κ1) is 14.6. The van der Waals surface area contributed by atoms with E-state index in [1.807, 2.05) is 22.6 Å². The molecule has 0 spiro atoms. The van der Waals surface area contributed by atoms with Gasteiger partial charge in [-0.05, 0) is 50.7 Å². The molecule has 2 aromatic heterocycles. The van der Waals surface area contributed by atoms with Crippen LogP contribution in [0.5, 0.6) is 0 Å². The number of hydrogen-bond acceptors (Lipinski definition) is 6. The van der Waals surface area contributed by atoms with Gasteiger partial charge in [0.15, 0.2) is 6.20 Å². The van der Waals surface area contributed by atoms with Gasteiger partial charge in [0.2, 0.25) is 0 Å². The summed E-state index contributed by atoms with van der Waals surface area (Å²) in [6, 6.07) is 5.34. The highest BCUT2D eigenvalue weighted by Gasteiger charge is 2.18. The standard InChI is InChI=1S/C10H7IN4O4S/c11-7-1-3-9(12-5-7)14-20(18,19)8-2-4-10(13-6-8)15(16)17/h1-6H,(H,12,14). The molecule has 2 aromatic rings. The van der Waals surface area contributed by atoms with Crippen LogP contribution in [0, 0.1) is 13.7 Å². The molecule has 0 unspecified atom stereocenters. The summed E-state index contributed by atoms with van der Waals surface area (Å²) in [5.74, 6) is -0.264. The third kappa shape index (κ3) is 3.39. The first-order valence-corrected chi connectivity index (χ1v) is 7.69. The molecule has 0 aliphatic carbocycles. The van der Waals surface area contributed by atoms with Crippen molar-refractivity contribution in [1.29, 1.82) is 0 Å². The van der Waals surface area contributed by atoms with Gasteiger partial charge < -0.3 is 10.1 Å². The highest BCUT2D eigenvalue weighted by molar-refractivity contribution is 14.1. The van der Waals surface area contributed by atoms with E-state index in [2.05, 4.69) is 14.7 Å². The van der Waals surface area contributed by atoms with E-state index in [-0.39, 0.29) is 10.7 Å². The number of hydrogen-bond donors (Lipinski definition) is 1. The van der Waals surface area contributed by atoms with Gasteiger partial charge in [0.25, 0.3) is 10.0 Å². The predicted octanol–water partition coefficient (Wildman–Crippen LogP) is 1.79. The molecule has 0 aromatic carbocycles. The third-order valence-electron chi connectivity index (χ3n) is 2.18. The first-order chi connectivity index (χ1) is 9.38. The van der Waals surface area contributed by atoms with Crippen LogP contribution in [0.1, 0.15) is 0 Å². The van der Waals surface area contributed by atoms with Crippen molar-refractivity contribution in [3.8, 4) is 0 Å². The summed E-state index contributed by atoms with van der Waals surface area (Å²) in [5.41, 5.74) is 0. The van der Waals surface area contributed by atoms with Crippen LogP contribution in [-0.4, -0.2) is 23.3 Å². The summed E-state index contributed by atoms with van der Waals surface area (Å²) in [5, 5.41) is 10.5. The Hall–Kier alpha value is -1.82. The molecule has 104 valence electrons. The highest BCUT2D eigenvalue weighted by atomic mass is 127. The summed E-state index contributed by atoms with van der Waals surface area (Å²) in [6.07, 6.45) is 2.43. The number of aromatic nitrogens is 2. The van der Waals surface area contributed by atoms with E-state index in [1.54, 1.807) is 6.07 Å². The molecule has 0 bridgehead atoms. The monoisotopic (exact) mass is 406 g/mol. The van der Waals surface area contributed by atoms with Gasteiger partial charge in [0, 0.05) is 15.8 Å². The molecule has 10 heteroatoms. The second-order valence-corrected chi connectivity index (χ2v) is 6.50. The van der Waals surface area contributed by atoms with E-state index in [9.17, 15) is 18.5 Å². The van der Waals surface area contributed by atoms with Gasteiger partial charge in [-0.15, -0.1) is 0 Å². The summed E-state index contributed by atoms with van der Waals surface area (Å²) in [4.78, 5) is 16.9. The van der Waals surface area contributed by atoms with Gasteiger partial charge in [-0.25, -0.2) is 13.4 Å². The molecule has 0 saturated heterocycles. The zero-order chi connectivity index (χ0) is 14.8. The average Bonchev–Trinajstić information content (AvgIpc) is 2.41. The Morgan fingerprint density at radius 3 is 2.40 bits per heavy atom. The minimum Gasteiger partial charge on any atom is -0.358 e. The Kier molecular flexibility index (Phi) is 4.13. The van der Waals surface area contributed by atoms with Crippen LogP contribution in [0.15, 0.2) is 41.6 Å². The Bertz CT molecular complexity index is 731. The summed E-state index contributed by atoms with van der Waals surface area (Å²) in [7, 11) is -3.87. The van der Waals surface area contributed by atoms with Gasteiger partial charge in [-0.3, -0.25) is 4.72 Å². The fraction of sp³-hybridized carbons (Fsp3) is 0. The van der Waals surface area contributed by atoms with Crippen LogP contribution in [-0.2, 0) is 10.0 Å². The van der Waals surface area contributed by atoms with Crippen molar-refractivity contribution in [2.75, 3.05) is 4.72 Å². The third-order valence-corrected chi connectivity index (χ3v) is 4.16. The van der Waals surface area contributed by atoms with Crippen LogP contribution < -0.4 is 4.72 Å². The lowest BCUT2D eigenvalue weighted by molar-refractivity contribution is -0.389. The van der Waals surface area contributed by atoms with Gasteiger partial charge in [0.1, 0.15) is 10.7 Å². The number of nitrogens with one attached hydrogen (secondary N) is 1. The predicted molar refractivity (Wildman–Crippen MR) is 78.7 cm³/mol. The molecule has 0 amide bonds. The Morgan fingerprint density at radius 1 is 1.15 bits per heavy atom. The van der Waals surface area contributed by atoms with Crippen LogP contribution in [0.2, 0.25) is 0 Å². The number of pyridine rings is 2. The zero-order valence-corrected chi connectivity index (χ0v) is 12.7. The normalized spacial score (nSPS) is 11.1. The quantitative estimate of drug-likeness (QED) is 0.470. The average molecular weight is 406 g/mol. The molecule has 0 aliphatic heterocycles. The lowest BCUT2D eigenvalue weighted by Gasteiger charge is -2.05. The number of halogens is 1. The van der Waals surface area contributed by atoms with E-state index in [4.69, 9.17) is 0 Å². The summed E-state index contributed by atoms with van der Waals surface area (Å²) in [6.45, 7) is 0. The topological polar surface area (TPSA) is 115 Å². The second kappa shape index (κ2) is 5.66. The van der Waals surface area contributed by atoms with E-state index < -0.39 is 20.8 Å². The Balaban J connectivity index is 2.26. The van der Waals surface area contributed by atoms with Gasteiger partial charge in [0.05, 0.1) is 0 Å². The van der Waals surface area contributed by atoms with E-state index in [0.717, 1.165) is 21.9 Å². The molecule has 0 radical (unpaired) electrons. The van der Waals surface area contributed by atoms with Crippen LogP contribution in [0.4, 0.5) is 11.6 Å². The molecular weight excluding hydrogens is 399 g/mol. The molecular formula is C10H7IN4O4S. The first-order valence-electron chi connectivity index (χ1n) is 5.13. The zero-order valence-electron chi connectivity index (χ0n) is 9.72. The van der Waals surface area contributed by atoms with Crippen molar-refractivity contribution in [2.24, 2.45) is 0 Å². The molecule has 1 N–H and O–H groups in total. The number of anilines is 1. The summed E-state index contributed by atoms with van der Waals surface area (Å²) >= 11 is 2.04. The Morgan fingerprint density at radius 2 is 1.90 bits per heavy atom. The van der Waals surface area contributed by atoms with Crippen molar-refractivity contribution >= 4 is 44.2 Å². The molecule has 0 aliphatic rings. The van der Waals surface area contributed by atoms with E-state index in [1.165, 1.54) is 12.3 Å². The van der Waals surface area contributed by atoms with Crippen LogP contribution >= 0.6 is 22.6 Å². The van der Waals surface area contributed by atoms with Crippen LogP contribution in [0.3, 0.4) is 0 Å². The van der Waals surface area contributed by atoms with E-state index in [0.29, 0.717) is 0 Å². The maximum atomic E-state index is 12.0. The fourth-order valence-electron chi connectivity index (χ4n) is 1.27. The molecule has 0 saturated carbocycles. The lowest BCUT2D eigenvalue weighted by atomic mass is 10.5. The highest BCUT2D eigenvalue weighted by Crippen LogP contribution is 2.16. The maximum Gasteiger partial charge on any atom is 0.363 e. The Labute approximate surface area is 127 Å². The molecule has 0 atom stereocenters. The molecule has 2 rings (SSSR count). The molecule has 20 heavy (non-hydrogen) atoms. The molecule has 8 nitrogen and oxygen atoms in total. The summed E-state index contributed by atoms with van der Waals surface area (Å²) < 4.78 is 27.1. The van der Waals surface area contributed by atoms with Gasteiger partial charge in [-0.1, -0.05) is 0 Å². The van der Waals surface area contributed by atoms with Gasteiger partial charge >= 0.3 is 5.82 Å². The number of rotatable bonds is 4. The largest absolute Gasteiger partial charge is 0.363 e. The lowest BCUT2D eigenvalue weighted by Crippen LogP contribution is -2.14. The van der Waals surface area contributed by atoms with Gasteiger partial charge in [-0.2, -0.15) is 0 Å². The van der Waals surface area contributed by atoms with Crippen molar-refractivity contribution in [2.45, 2.75) is 4.90 Å². The van der Waals surface area contributed by atoms with Crippen LogP contribution in [0.25, 0.3) is 0 Å². The minimum absolute atomic E-state index is 0.156. The minimum atomic E-state index is -3.87. The van der Waals surface area contributed by atoms with Crippen molar-refractivity contribution in [3.63, 3.8) is 0 Å². The smallest absolute Gasteiger partial charge is 0.358 e. The maximum absolute atomic E-state index is 12.0. The second-order valence-electron chi connectivity index (χ2n) is 3.58. The number of nitrogens with zero attached hydrogens (tertiary/aromatic N) is 3.